The molecule has 0 aromatic carbocycles. The molecule has 0 fully saturated rings. The molecule has 1 aromatic rings. The average Bonchev–Trinajstić information content (AvgIpc) is 2.46. The summed E-state index contributed by atoms with van der Waals surface area (Å²) in [4.78, 5) is 4.84. The van der Waals surface area contributed by atoms with Crippen molar-refractivity contribution >= 4 is 45.4 Å². The fourth-order valence-corrected chi connectivity index (χ4v) is 11.2. The summed E-state index contributed by atoms with van der Waals surface area (Å²) in [5, 5.41) is 0. The van der Waals surface area contributed by atoms with Crippen LogP contribution in [0, 0.1) is 0 Å². The van der Waals surface area contributed by atoms with Crippen molar-refractivity contribution in [3.8, 4) is 0 Å². The van der Waals surface area contributed by atoms with Gasteiger partial charge in [0, 0.05) is 7.05 Å². The molecule has 0 N–H and O–H groups in total. The summed E-state index contributed by atoms with van der Waals surface area (Å²) in [6.45, 7) is 14.2. The Kier molecular flexibility index (Phi) is 5.29. The minimum absolute atomic E-state index is 0.678. The maximum atomic E-state index is 4.84. The van der Waals surface area contributed by atoms with E-state index in [9.17, 15) is 0 Å². The lowest BCUT2D eigenvalue weighted by Crippen LogP contribution is -2.59. The molecule has 1 rings (SSSR count). The molecule has 0 aliphatic heterocycles. The maximum absolute atomic E-state index is 4.84. The fraction of sp³-hybridized carbons (Fsp3) is 0.769. The van der Waals surface area contributed by atoms with E-state index in [0.29, 0.717) is 16.6 Å². The molecular formula is C13H24Br2N2Si. The number of halogens is 2. The third kappa shape index (κ3) is 2.38. The van der Waals surface area contributed by atoms with Crippen LogP contribution in [0.1, 0.15) is 41.5 Å². The molecule has 0 aliphatic carbocycles. The Morgan fingerprint density at radius 3 is 1.56 bits per heavy atom. The van der Waals surface area contributed by atoms with E-state index in [1.54, 1.807) is 0 Å². The summed E-state index contributed by atoms with van der Waals surface area (Å²) in [6, 6.07) is 0. The molecule has 0 radical (unpaired) electrons. The summed E-state index contributed by atoms with van der Waals surface area (Å²) in [5.41, 5.74) is 3.34. The number of nitrogens with zero attached hydrogens (tertiary/aromatic N) is 2. The molecule has 0 spiro atoms. The van der Waals surface area contributed by atoms with E-state index in [1.165, 1.54) is 5.45 Å². The van der Waals surface area contributed by atoms with Crippen molar-refractivity contribution in [1.82, 2.24) is 9.55 Å². The Morgan fingerprint density at radius 1 is 0.944 bits per heavy atom. The zero-order valence-electron chi connectivity index (χ0n) is 12.4. The lowest BCUT2D eigenvalue weighted by atomic mass is 10.5. The number of hydrogen-bond acceptors (Lipinski definition) is 1. The van der Waals surface area contributed by atoms with Gasteiger partial charge in [0.2, 0.25) is 0 Å². The summed E-state index contributed by atoms with van der Waals surface area (Å²) in [7, 11) is 0.450. The Hall–Kier alpha value is 0.387. The highest BCUT2D eigenvalue weighted by atomic mass is 79.9. The Bertz CT molecular complexity index is 403. The smallest absolute Gasteiger partial charge is 0.140 e. The number of imidazole rings is 1. The molecular weight excluding hydrogens is 372 g/mol. The van der Waals surface area contributed by atoms with Crippen LogP contribution in [0.5, 0.6) is 0 Å². The Morgan fingerprint density at radius 2 is 1.33 bits per heavy atom. The number of hydrogen-bond donors (Lipinski definition) is 0. The lowest BCUT2D eigenvalue weighted by Gasteiger charge is -2.42. The second-order valence-corrected chi connectivity index (χ2v) is 13.3. The van der Waals surface area contributed by atoms with Gasteiger partial charge in [0.25, 0.3) is 0 Å². The van der Waals surface area contributed by atoms with Crippen LogP contribution >= 0.6 is 31.9 Å². The topological polar surface area (TPSA) is 17.8 Å². The highest BCUT2D eigenvalue weighted by molar-refractivity contribution is 9.13. The zero-order chi connectivity index (χ0) is 14.2. The number of rotatable bonds is 4. The second kappa shape index (κ2) is 5.79. The predicted molar refractivity (Wildman–Crippen MR) is 89.3 cm³/mol. The van der Waals surface area contributed by atoms with Gasteiger partial charge in [-0.1, -0.05) is 41.5 Å². The van der Waals surface area contributed by atoms with Crippen molar-refractivity contribution in [2.75, 3.05) is 0 Å². The van der Waals surface area contributed by atoms with Gasteiger partial charge in [-0.2, -0.15) is 0 Å². The molecule has 0 unspecified atom stereocenters. The van der Waals surface area contributed by atoms with E-state index in [1.807, 2.05) is 0 Å². The molecule has 0 amide bonds. The van der Waals surface area contributed by atoms with Crippen molar-refractivity contribution in [1.29, 1.82) is 0 Å². The minimum atomic E-state index is -1.67. The molecule has 2 nitrogen and oxygen atoms in total. The molecule has 1 heterocycles. The molecule has 0 aliphatic rings. The van der Waals surface area contributed by atoms with Gasteiger partial charge >= 0.3 is 0 Å². The van der Waals surface area contributed by atoms with Gasteiger partial charge < -0.3 is 4.57 Å². The van der Waals surface area contributed by atoms with Crippen LogP contribution in [-0.4, -0.2) is 17.6 Å². The van der Waals surface area contributed by atoms with Crippen LogP contribution in [0.2, 0.25) is 16.6 Å². The van der Waals surface area contributed by atoms with Gasteiger partial charge in [0.05, 0.1) is 5.45 Å². The minimum Gasteiger partial charge on any atom is -0.329 e. The highest BCUT2D eigenvalue weighted by Crippen LogP contribution is 2.41. The van der Waals surface area contributed by atoms with Crippen molar-refractivity contribution in [3.63, 3.8) is 0 Å². The summed E-state index contributed by atoms with van der Waals surface area (Å²) >= 11 is 7.17. The first kappa shape index (κ1) is 16.4. The van der Waals surface area contributed by atoms with E-state index in [2.05, 4.69) is 85.0 Å². The molecule has 0 atom stereocenters. The van der Waals surface area contributed by atoms with Gasteiger partial charge in [0.1, 0.15) is 17.3 Å². The third-order valence-corrected chi connectivity index (χ3v) is 13.2. The van der Waals surface area contributed by atoms with Crippen LogP contribution in [0.25, 0.3) is 0 Å². The molecule has 18 heavy (non-hydrogen) atoms. The van der Waals surface area contributed by atoms with Crippen molar-refractivity contribution < 1.29 is 0 Å². The van der Waals surface area contributed by atoms with Gasteiger partial charge in [-0.05, 0) is 48.5 Å². The number of aromatic nitrogens is 2. The summed E-state index contributed by atoms with van der Waals surface area (Å²) < 4.78 is 4.21. The van der Waals surface area contributed by atoms with Crippen molar-refractivity contribution in [2.24, 2.45) is 7.05 Å². The van der Waals surface area contributed by atoms with Gasteiger partial charge in [-0.25, -0.2) is 4.98 Å². The van der Waals surface area contributed by atoms with E-state index < -0.39 is 8.07 Å². The second-order valence-electron chi connectivity index (χ2n) is 5.97. The van der Waals surface area contributed by atoms with E-state index in [-0.39, 0.29) is 0 Å². The summed E-state index contributed by atoms with van der Waals surface area (Å²) in [5.74, 6) is 0. The van der Waals surface area contributed by atoms with Crippen LogP contribution in [0.3, 0.4) is 0 Å². The Labute approximate surface area is 129 Å². The SMILES string of the molecule is CC(C)[Si](c1nc(Br)c(Br)n1C)(C(C)C)C(C)C. The first-order valence-electron chi connectivity index (χ1n) is 6.55. The first-order chi connectivity index (χ1) is 8.17. The monoisotopic (exact) mass is 394 g/mol. The zero-order valence-corrected chi connectivity index (χ0v) is 16.6. The maximum Gasteiger partial charge on any atom is 0.140 e. The standard InChI is InChI=1S/C13H24Br2N2Si/c1-8(2)18(9(3)4,10(5)6)13-16-11(14)12(15)17(13)7/h8-10H,1-7H3. The molecule has 5 heteroatoms. The molecule has 0 bridgehead atoms. The van der Waals surface area contributed by atoms with Gasteiger partial charge in [0.15, 0.2) is 0 Å². The van der Waals surface area contributed by atoms with E-state index >= 15 is 0 Å². The normalized spacial score (nSPS) is 13.1. The highest BCUT2D eigenvalue weighted by Gasteiger charge is 2.48. The molecule has 0 saturated heterocycles. The quantitative estimate of drug-likeness (QED) is 0.667. The largest absolute Gasteiger partial charge is 0.329 e. The first-order valence-corrected chi connectivity index (χ1v) is 10.4. The average molecular weight is 396 g/mol. The molecule has 104 valence electrons. The van der Waals surface area contributed by atoms with Crippen molar-refractivity contribution in [2.45, 2.75) is 58.2 Å². The molecule has 1 aromatic heterocycles. The fourth-order valence-electron chi connectivity index (χ4n) is 3.61. The van der Waals surface area contributed by atoms with Crippen LogP contribution in [0.4, 0.5) is 0 Å². The van der Waals surface area contributed by atoms with Crippen LogP contribution in [-0.2, 0) is 7.05 Å². The third-order valence-electron chi connectivity index (χ3n) is 4.24. The lowest BCUT2D eigenvalue weighted by molar-refractivity contribution is 0.806. The van der Waals surface area contributed by atoms with E-state index in [0.717, 1.165) is 9.21 Å². The summed E-state index contributed by atoms with van der Waals surface area (Å²) in [6.07, 6.45) is 0. The van der Waals surface area contributed by atoms with Gasteiger partial charge in [-0.3, -0.25) is 0 Å². The predicted octanol–water partition coefficient (Wildman–Crippen LogP) is 4.83. The van der Waals surface area contributed by atoms with E-state index in [4.69, 9.17) is 4.98 Å². The Balaban J connectivity index is 3.57. The van der Waals surface area contributed by atoms with Crippen molar-refractivity contribution in [3.05, 3.63) is 9.21 Å². The molecule has 0 saturated carbocycles. The van der Waals surface area contributed by atoms with Crippen LogP contribution < -0.4 is 5.45 Å². The van der Waals surface area contributed by atoms with Crippen LogP contribution in [0.15, 0.2) is 9.21 Å². The van der Waals surface area contributed by atoms with Gasteiger partial charge in [-0.15, -0.1) is 0 Å².